The first kappa shape index (κ1) is 13.5. The Labute approximate surface area is 105 Å². The summed E-state index contributed by atoms with van der Waals surface area (Å²) in [5.74, 6) is 0.417. The average Bonchev–Trinajstić information content (AvgIpc) is 2.30. The van der Waals surface area contributed by atoms with Crippen LogP contribution in [-0.2, 0) is 6.42 Å². The van der Waals surface area contributed by atoms with E-state index in [1.807, 2.05) is 6.07 Å². The fourth-order valence-corrected chi connectivity index (χ4v) is 1.46. The number of halogens is 2. The Bertz CT molecular complexity index is 491. The highest BCUT2D eigenvalue weighted by molar-refractivity contribution is 5.85. The topological polar surface area (TPSA) is 51.8 Å². The zero-order chi connectivity index (χ0) is 11.4. The number of nitrogens with two attached hydrogens (primary N) is 1. The second-order valence-electron chi connectivity index (χ2n) is 3.41. The maximum absolute atomic E-state index is 13.0. The molecule has 0 saturated heterocycles. The summed E-state index contributed by atoms with van der Waals surface area (Å²) >= 11 is 0. The molecule has 2 N–H and O–H groups in total. The second-order valence-corrected chi connectivity index (χ2v) is 3.41. The van der Waals surface area contributed by atoms with Crippen LogP contribution in [0.15, 0.2) is 36.5 Å². The van der Waals surface area contributed by atoms with Crippen LogP contribution in [0.5, 0.6) is 0 Å². The molecule has 0 spiro atoms. The normalized spacial score (nSPS) is 9.76. The highest BCUT2D eigenvalue weighted by Gasteiger charge is 2.02. The summed E-state index contributed by atoms with van der Waals surface area (Å²) in [6.07, 6.45) is 2.29. The number of nitrogens with zero attached hydrogens (tertiary/aromatic N) is 2. The summed E-state index contributed by atoms with van der Waals surface area (Å²) in [5.41, 5.74) is 6.90. The Morgan fingerprint density at radius 3 is 2.76 bits per heavy atom. The summed E-state index contributed by atoms with van der Waals surface area (Å²) in [6.45, 7) is 0.507. The lowest BCUT2D eigenvalue weighted by atomic mass is 10.1. The van der Waals surface area contributed by atoms with Gasteiger partial charge in [-0.3, -0.25) is 0 Å². The largest absolute Gasteiger partial charge is 0.330 e. The molecule has 0 aliphatic carbocycles. The third kappa shape index (κ3) is 3.47. The van der Waals surface area contributed by atoms with Crippen LogP contribution in [0.2, 0.25) is 0 Å². The molecule has 0 amide bonds. The van der Waals surface area contributed by atoms with Crippen molar-refractivity contribution in [2.24, 2.45) is 5.73 Å². The van der Waals surface area contributed by atoms with Crippen molar-refractivity contribution in [2.45, 2.75) is 6.42 Å². The molecule has 0 fully saturated rings. The van der Waals surface area contributed by atoms with Gasteiger partial charge in [-0.2, -0.15) is 0 Å². The van der Waals surface area contributed by atoms with Crippen LogP contribution < -0.4 is 5.73 Å². The smallest absolute Gasteiger partial charge is 0.130 e. The molecule has 0 aliphatic heterocycles. The van der Waals surface area contributed by atoms with E-state index in [0.717, 1.165) is 11.3 Å². The van der Waals surface area contributed by atoms with Gasteiger partial charge in [-0.25, -0.2) is 14.4 Å². The van der Waals surface area contributed by atoms with Gasteiger partial charge in [0, 0.05) is 18.2 Å². The van der Waals surface area contributed by atoms with Crippen molar-refractivity contribution in [3.8, 4) is 11.3 Å². The maximum Gasteiger partial charge on any atom is 0.130 e. The molecule has 0 saturated carbocycles. The van der Waals surface area contributed by atoms with Crippen molar-refractivity contribution in [1.82, 2.24) is 9.97 Å². The molecular weight excluding hydrogens is 241 g/mol. The first-order valence-electron chi connectivity index (χ1n) is 5.07. The molecular formula is C12H13ClFN3. The molecule has 2 aromatic rings. The van der Waals surface area contributed by atoms with Gasteiger partial charge in [0.1, 0.15) is 11.6 Å². The predicted octanol–water partition coefficient (Wildman–Crippen LogP) is 2.21. The second kappa shape index (κ2) is 6.27. The van der Waals surface area contributed by atoms with Crippen molar-refractivity contribution in [2.75, 3.05) is 6.54 Å². The first-order valence-corrected chi connectivity index (χ1v) is 5.07. The van der Waals surface area contributed by atoms with Crippen LogP contribution in [0.25, 0.3) is 11.3 Å². The van der Waals surface area contributed by atoms with Crippen LogP contribution in [-0.4, -0.2) is 16.5 Å². The van der Waals surface area contributed by atoms with Gasteiger partial charge >= 0.3 is 0 Å². The van der Waals surface area contributed by atoms with Gasteiger partial charge in [0.15, 0.2) is 0 Å². The molecule has 0 aliphatic rings. The van der Waals surface area contributed by atoms with Gasteiger partial charge in [0.05, 0.1) is 5.69 Å². The average molecular weight is 254 g/mol. The summed E-state index contributed by atoms with van der Waals surface area (Å²) in [4.78, 5) is 8.41. The molecule has 90 valence electrons. The van der Waals surface area contributed by atoms with Crippen LogP contribution in [0.1, 0.15) is 5.82 Å². The van der Waals surface area contributed by atoms with Gasteiger partial charge < -0.3 is 5.73 Å². The Kier molecular flexibility index (Phi) is 5.00. The van der Waals surface area contributed by atoms with E-state index in [1.165, 1.54) is 12.1 Å². The number of hydrogen-bond donors (Lipinski definition) is 1. The lowest BCUT2D eigenvalue weighted by Crippen LogP contribution is -2.06. The minimum Gasteiger partial charge on any atom is -0.330 e. The minimum absolute atomic E-state index is 0. The summed E-state index contributed by atoms with van der Waals surface area (Å²) in [5, 5.41) is 0. The third-order valence-electron chi connectivity index (χ3n) is 2.19. The Hall–Kier alpha value is -1.52. The van der Waals surface area contributed by atoms with Crippen LogP contribution in [0.3, 0.4) is 0 Å². The fraction of sp³-hybridized carbons (Fsp3) is 0.167. The molecule has 2 rings (SSSR count). The maximum atomic E-state index is 13.0. The van der Waals surface area contributed by atoms with Gasteiger partial charge in [-0.15, -0.1) is 12.4 Å². The van der Waals surface area contributed by atoms with Crippen molar-refractivity contribution in [1.29, 1.82) is 0 Å². The standard InChI is InChI=1S/C12H12FN3.ClH/c13-10-3-1-2-9(8-10)11-5-7-15-12(16-11)4-6-14;/h1-3,5,7-8H,4,6,14H2;1H. The number of aromatic nitrogens is 2. The molecule has 5 heteroatoms. The van der Waals surface area contributed by atoms with Crippen molar-refractivity contribution in [3.63, 3.8) is 0 Å². The Morgan fingerprint density at radius 1 is 1.24 bits per heavy atom. The number of hydrogen-bond acceptors (Lipinski definition) is 3. The molecule has 1 heterocycles. The molecule has 1 aromatic heterocycles. The predicted molar refractivity (Wildman–Crippen MR) is 67.4 cm³/mol. The summed E-state index contributed by atoms with van der Waals surface area (Å²) in [6, 6.07) is 8.10. The number of rotatable bonds is 3. The molecule has 0 atom stereocenters. The van der Waals surface area contributed by atoms with Gasteiger partial charge in [-0.05, 0) is 24.7 Å². The first-order chi connectivity index (χ1) is 7.79. The van der Waals surface area contributed by atoms with Crippen LogP contribution >= 0.6 is 12.4 Å². The van der Waals surface area contributed by atoms with Crippen molar-refractivity contribution in [3.05, 3.63) is 48.2 Å². The van der Waals surface area contributed by atoms with Crippen LogP contribution in [0, 0.1) is 5.82 Å². The zero-order valence-corrected chi connectivity index (χ0v) is 9.95. The van der Waals surface area contributed by atoms with E-state index in [4.69, 9.17) is 5.73 Å². The monoisotopic (exact) mass is 253 g/mol. The van der Waals surface area contributed by atoms with E-state index in [1.54, 1.807) is 18.3 Å². The molecule has 17 heavy (non-hydrogen) atoms. The molecule has 0 radical (unpaired) electrons. The van der Waals surface area contributed by atoms with Crippen molar-refractivity contribution < 1.29 is 4.39 Å². The van der Waals surface area contributed by atoms with Crippen LogP contribution in [0.4, 0.5) is 4.39 Å². The van der Waals surface area contributed by atoms with Gasteiger partial charge in [0.2, 0.25) is 0 Å². The highest BCUT2D eigenvalue weighted by Crippen LogP contribution is 2.17. The zero-order valence-electron chi connectivity index (χ0n) is 9.14. The molecule has 0 bridgehead atoms. The minimum atomic E-state index is -0.267. The summed E-state index contributed by atoms with van der Waals surface area (Å²) in [7, 11) is 0. The molecule has 0 unspecified atom stereocenters. The lowest BCUT2D eigenvalue weighted by Gasteiger charge is -2.03. The SMILES string of the molecule is Cl.NCCc1nccc(-c2cccc(F)c2)n1. The fourth-order valence-electron chi connectivity index (χ4n) is 1.46. The Balaban J connectivity index is 0.00000144. The van der Waals surface area contributed by atoms with E-state index >= 15 is 0 Å². The Morgan fingerprint density at radius 2 is 2.06 bits per heavy atom. The summed E-state index contributed by atoms with van der Waals surface area (Å²) < 4.78 is 13.0. The lowest BCUT2D eigenvalue weighted by molar-refractivity contribution is 0.628. The van der Waals surface area contributed by atoms with E-state index < -0.39 is 0 Å². The van der Waals surface area contributed by atoms with Gasteiger partial charge in [0.25, 0.3) is 0 Å². The highest BCUT2D eigenvalue weighted by atomic mass is 35.5. The van der Waals surface area contributed by atoms with Gasteiger partial charge in [-0.1, -0.05) is 12.1 Å². The quantitative estimate of drug-likeness (QED) is 0.913. The number of benzene rings is 1. The van der Waals surface area contributed by atoms with Crippen molar-refractivity contribution >= 4 is 12.4 Å². The van der Waals surface area contributed by atoms with E-state index in [2.05, 4.69) is 9.97 Å². The molecule has 1 aromatic carbocycles. The third-order valence-corrected chi connectivity index (χ3v) is 2.19. The molecule has 3 nitrogen and oxygen atoms in total. The van der Waals surface area contributed by atoms with E-state index in [-0.39, 0.29) is 18.2 Å². The van der Waals surface area contributed by atoms with E-state index in [9.17, 15) is 4.39 Å². The van der Waals surface area contributed by atoms with E-state index in [0.29, 0.717) is 18.8 Å².